The summed E-state index contributed by atoms with van der Waals surface area (Å²) < 4.78 is 6.13. The van der Waals surface area contributed by atoms with E-state index < -0.39 is 42.4 Å². The number of nitrogens with zero attached hydrogens (tertiary/aromatic N) is 2. The molecule has 114 valence electrons. The number of aliphatic hydroxyl groups is 3. The highest BCUT2D eigenvalue weighted by atomic mass is 16.6. The van der Waals surface area contributed by atoms with Gasteiger partial charge < -0.3 is 25.8 Å². The number of anilines is 1. The van der Waals surface area contributed by atoms with Crippen molar-refractivity contribution in [1.82, 2.24) is 19.5 Å². The molecule has 0 saturated carbocycles. The molecule has 1 aliphatic heterocycles. The van der Waals surface area contributed by atoms with Crippen molar-refractivity contribution in [3.05, 3.63) is 20.8 Å². The topological polar surface area (TPSA) is 179 Å². The minimum Gasteiger partial charge on any atom is -0.394 e. The van der Waals surface area contributed by atoms with E-state index in [-0.39, 0.29) is 17.1 Å². The molecule has 11 nitrogen and oxygen atoms in total. The number of hydrogen-bond acceptors (Lipinski definition) is 8. The molecule has 7 N–H and O–H groups in total. The van der Waals surface area contributed by atoms with E-state index in [0.717, 1.165) is 4.57 Å². The predicted octanol–water partition coefficient (Wildman–Crippen LogP) is -3.39. The van der Waals surface area contributed by atoms with Crippen LogP contribution in [0.5, 0.6) is 0 Å². The number of nitrogens with two attached hydrogens (primary N) is 1. The average Bonchev–Trinajstić information content (AvgIpc) is 2.89. The van der Waals surface area contributed by atoms with Crippen LogP contribution in [0.1, 0.15) is 6.23 Å². The van der Waals surface area contributed by atoms with E-state index in [2.05, 4.69) is 15.0 Å². The summed E-state index contributed by atoms with van der Waals surface area (Å²) in [6.07, 6.45) is -5.20. The highest BCUT2D eigenvalue weighted by Crippen LogP contribution is 2.29. The number of ether oxygens (including phenoxy) is 1. The van der Waals surface area contributed by atoms with Crippen molar-refractivity contribution < 1.29 is 20.1 Å². The Hall–Kier alpha value is -2.21. The fraction of sp³-hybridized carbons (Fsp3) is 0.500. The molecule has 0 aliphatic carbocycles. The maximum absolute atomic E-state index is 12.0. The second-order valence-electron chi connectivity index (χ2n) is 4.68. The van der Waals surface area contributed by atoms with Crippen LogP contribution in [0.25, 0.3) is 11.2 Å². The van der Waals surface area contributed by atoms with E-state index in [9.17, 15) is 19.8 Å². The Kier molecular flexibility index (Phi) is 3.06. The van der Waals surface area contributed by atoms with Crippen molar-refractivity contribution in [2.45, 2.75) is 24.5 Å². The summed E-state index contributed by atoms with van der Waals surface area (Å²) in [5.41, 5.74) is 3.77. The number of H-pyrrole nitrogens is 2. The lowest BCUT2D eigenvalue weighted by molar-refractivity contribution is -0.0524. The monoisotopic (exact) mass is 299 g/mol. The first-order chi connectivity index (χ1) is 9.93. The number of imidazole rings is 1. The summed E-state index contributed by atoms with van der Waals surface area (Å²) >= 11 is 0. The molecule has 0 radical (unpaired) electrons. The molecule has 3 heterocycles. The molecule has 1 aliphatic rings. The summed E-state index contributed by atoms with van der Waals surface area (Å²) in [6.45, 7) is -0.540. The molecule has 0 amide bonds. The van der Waals surface area contributed by atoms with Crippen molar-refractivity contribution in [2.75, 3.05) is 12.3 Å². The third-order valence-electron chi connectivity index (χ3n) is 3.37. The zero-order valence-electron chi connectivity index (χ0n) is 10.6. The van der Waals surface area contributed by atoms with Gasteiger partial charge in [0.2, 0.25) is 5.95 Å². The van der Waals surface area contributed by atoms with Crippen molar-refractivity contribution in [1.29, 1.82) is 0 Å². The van der Waals surface area contributed by atoms with E-state index in [1.165, 1.54) is 0 Å². The summed E-state index contributed by atoms with van der Waals surface area (Å²) in [7, 11) is 0. The normalized spacial score (nSPS) is 29.3. The fourth-order valence-electron chi connectivity index (χ4n) is 2.36. The van der Waals surface area contributed by atoms with Gasteiger partial charge in [0, 0.05) is 0 Å². The van der Waals surface area contributed by atoms with Gasteiger partial charge in [0.1, 0.15) is 18.3 Å². The number of fused-ring (bicyclic) bond motifs is 1. The molecule has 0 aromatic carbocycles. The Balaban J connectivity index is 2.20. The molecule has 4 atom stereocenters. The number of nitrogen functional groups attached to an aromatic ring is 1. The number of aromatic amines is 2. The van der Waals surface area contributed by atoms with Crippen molar-refractivity contribution in [3.63, 3.8) is 0 Å². The van der Waals surface area contributed by atoms with Gasteiger partial charge in [-0.25, -0.2) is 9.36 Å². The van der Waals surface area contributed by atoms with Crippen molar-refractivity contribution in [3.8, 4) is 0 Å². The first-order valence-corrected chi connectivity index (χ1v) is 6.06. The molecular formula is C10H13N5O6. The van der Waals surface area contributed by atoms with E-state index in [1.807, 2.05) is 0 Å². The Bertz CT molecular complexity index is 793. The molecule has 1 saturated heterocycles. The SMILES string of the molecule is Nc1nc2c([nH]c(=O)n2[C@H]2O[C@H](CO)[C@@H](O)[C@@H]2O)c(=O)[nH]1. The number of nitrogens with one attached hydrogen (secondary N) is 2. The smallest absolute Gasteiger partial charge is 0.330 e. The van der Waals surface area contributed by atoms with Crippen molar-refractivity contribution >= 4 is 17.1 Å². The lowest BCUT2D eigenvalue weighted by atomic mass is 10.1. The largest absolute Gasteiger partial charge is 0.394 e. The fourth-order valence-corrected chi connectivity index (χ4v) is 2.36. The van der Waals surface area contributed by atoms with Crippen LogP contribution in [0.3, 0.4) is 0 Å². The van der Waals surface area contributed by atoms with Gasteiger partial charge in [-0.05, 0) is 0 Å². The van der Waals surface area contributed by atoms with Gasteiger partial charge in [0.05, 0.1) is 6.61 Å². The molecule has 3 rings (SSSR count). The summed E-state index contributed by atoms with van der Waals surface area (Å²) in [5, 5.41) is 28.7. The van der Waals surface area contributed by atoms with E-state index in [0.29, 0.717) is 0 Å². The van der Waals surface area contributed by atoms with E-state index in [4.69, 9.17) is 15.6 Å². The van der Waals surface area contributed by atoms with E-state index >= 15 is 0 Å². The molecule has 1 fully saturated rings. The van der Waals surface area contributed by atoms with Crippen LogP contribution in [0.15, 0.2) is 9.59 Å². The molecule has 11 heteroatoms. The highest BCUT2D eigenvalue weighted by Gasteiger charge is 2.44. The molecule has 0 unspecified atom stereocenters. The predicted molar refractivity (Wildman–Crippen MR) is 68.4 cm³/mol. The molecule has 21 heavy (non-hydrogen) atoms. The number of aliphatic hydroxyl groups excluding tert-OH is 3. The van der Waals surface area contributed by atoms with Gasteiger partial charge in [0.25, 0.3) is 5.56 Å². The first-order valence-electron chi connectivity index (χ1n) is 6.06. The van der Waals surface area contributed by atoms with Crippen LogP contribution < -0.4 is 17.0 Å². The summed E-state index contributed by atoms with van der Waals surface area (Å²) in [4.78, 5) is 32.0. The molecular weight excluding hydrogens is 286 g/mol. The second-order valence-corrected chi connectivity index (χ2v) is 4.68. The molecule has 0 bridgehead atoms. The highest BCUT2D eigenvalue weighted by molar-refractivity contribution is 5.70. The zero-order valence-corrected chi connectivity index (χ0v) is 10.6. The van der Waals surface area contributed by atoms with Crippen molar-refractivity contribution in [2.24, 2.45) is 0 Å². The Labute approximate surface area is 115 Å². The molecule has 2 aromatic rings. The second kappa shape index (κ2) is 4.66. The Morgan fingerprint density at radius 3 is 2.62 bits per heavy atom. The van der Waals surface area contributed by atoms with Crippen LogP contribution >= 0.6 is 0 Å². The van der Waals surface area contributed by atoms with Crippen LogP contribution in [0, 0.1) is 0 Å². The van der Waals surface area contributed by atoms with Gasteiger partial charge in [-0.15, -0.1) is 0 Å². The van der Waals surface area contributed by atoms with Gasteiger partial charge in [-0.2, -0.15) is 4.98 Å². The first kappa shape index (κ1) is 13.8. The third kappa shape index (κ3) is 1.94. The zero-order chi connectivity index (χ0) is 15.3. The summed E-state index contributed by atoms with van der Waals surface area (Å²) in [6, 6.07) is 0. The quantitative estimate of drug-likeness (QED) is 0.332. The molecule has 0 spiro atoms. The lowest BCUT2D eigenvalue weighted by Crippen LogP contribution is -2.35. The Morgan fingerprint density at radius 2 is 2.00 bits per heavy atom. The van der Waals surface area contributed by atoms with Gasteiger partial charge in [0.15, 0.2) is 17.4 Å². The van der Waals surface area contributed by atoms with Crippen LogP contribution in [0.4, 0.5) is 5.95 Å². The summed E-state index contributed by atoms with van der Waals surface area (Å²) in [5.74, 6) is -0.216. The van der Waals surface area contributed by atoms with Crippen LogP contribution in [0.2, 0.25) is 0 Å². The average molecular weight is 299 g/mol. The lowest BCUT2D eigenvalue weighted by Gasteiger charge is -2.15. The maximum Gasteiger partial charge on any atom is 0.330 e. The maximum atomic E-state index is 12.0. The number of aromatic nitrogens is 4. The van der Waals surface area contributed by atoms with Crippen LogP contribution in [-0.2, 0) is 4.74 Å². The van der Waals surface area contributed by atoms with Gasteiger partial charge in [-0.3, -0.25) is 14.8 Å². The minimum absolute atomic E-state index is 0.115. The van der Waals surface area contributed by atoms with Gasteiger partial charge in [-0.1, -0.05) is 0 Å². The van der Waals surface area contributed by atoms with Crippen LogP contribution in [-0.4, -0.2) is 59.8 Å². The third-order valence-corrected chi connectivity index (χ3v) is 3.37. The minimum atomic E-state index is -1.47. The molecule has 2 aromatic heterocycles. The number of hydrogen-bond donors (Lipinski definition) is 6. The number of rotatable bonds is 2. The van der Waals surface area contributed by atoms with Gasteiger partial charge >= 0.3 is 5.69 Å². The Morgan fingerprint density at radius 1 is 1.29 bits per heavy atom. The standard InChI is InChI=1S/C10H13N5O6/c11-9-13-6-3(7(19)14-9)12-10(20)15(6)8-5(18)4(17)2(1-16)21-8/h2,4-5,8,16-18H,1H2,(H,12,20)(H3,11,13,14,19)/t2-,4-,5+,8+/m1/s1. The van der Waals surface area contributed by atoms with E-state index in [1.54, 1.807) is 0 Å².